The van der Waals surface area contributed by atoms with E-state index in [9.17, 15) is 20.0 Å². The maximum Gasteiger partial charge on any atom is 0.288 e. The van der Waals surface area contributed by atoms with Gasteiger partial charge in [0.15, 0.2) is 11.5 Å². The van der Waals surface area contributed by atoms with E-state index in [4.69, 9.17) is 21.1 Å². The van der Waals surface area contributed by atoms with Crippen molar-refractivity contribution >= 4 is 23.2 Å². The molecule has 1 unspecified atom stereocenters. The van der Waals surface area contributed by atoms with E-state index in [2.05, 4.69) is 5.32 Å². The lowest BCUT2D eigenvalue weighted by atomic mass is 9.95. The van der Waals surface area contributed by atoms with Gasteiger partial charge in [0.25, 0.3) is 11.6 Å². The number of nitrogens with zero attached hydrogens (tertiary/aromatic N) is 1. The predicted octanol–water partition coefficient (Wildman–Crippen LogP) is 2.61. The molecule has 0 spiro atoms. The molecular formula is C17H15ClN2O6. The highest BCUT2D eigenvalue weighted by Gasteiger charge is 2.27. The number of nitro groups is 1. The Morgan fingerprint density at radius 3 is 2.77 bits per heavy atom. The molecule has 2 N–H and O–H groups in total. The van der Waals surface area contributed by atoms with Crippen molar-refractivity contribution in [3.05, 3.63) is 62.7 Å². The first-order valence-corrected chi connectivity index (χ1v) is 8.00. The third-order valence-corrected chi connectivity index (χ3v) is 4.31. The zero-order valence-corrected chi connectivity index (χ0v) is 14.4. The largest absolute Gasteiger partial charge is 0.454 e. The summed E-state index contributed by atoms with van der Waals surface area (Å²) >= 11 is 5.74. The number of hydrogen-bond donors (Lipinski definition) is 2. The molecule has 2 aromatic carbocycles. The smallest absolute Gasteiger partial charge is 0.288 e. The summed E-state index contributed by atoms with van der Waals surface area (Å²) in [5, 5.41) is 24.1. The van der Waals surface area contributed by atoms with Crippen LogP contribution in [0.2, 0.25) is 5.02 Å². The van der Waals surface area contributed by atoms with E-state index < -0.39 is 16.4 Å². The van der Waals surface area contributed by atoms with Crippen molar-refractivity contribution < 1.29 is 24.3 Å². The van der Waals surface area contributed by atoms with Crippen molar-refractivity contribution in [2.45, 2.75) is 12.5 Å². The summed E-state index contributed by atoms with van der Waals surface area (Å²) in [4.78, 5) is 22.5. The van der Waals surface area contributed by atoms with E-state index in [1.54, 1.807) is 18.2 Å². The molecule has 8 nitrogen and oxygen atoms in total. The second kappa shape index (κ2) is 6.81. The van der Waals surface area contributed by atoms with Crippen LogP contribution < -0.4 is 14.8 Å². The zero-order chi connectivity index (χ0) is 18.9. The molecule has 1 aliphatic heterocycles. The maximum atomic E-state index is 12.3. The van der Waals surface area contributed by atoms with Crippen molar-refractivity contribution in [3.63, 3.8) is 0 Å². The molecule has 0 aliphatic carbocycles. The van der Waals surface area contributed by atoms with Crippen LogP contribution in [-0.2, 0) is 5.60 Å². The molecule has 0 radical (unpaired) electrons. The maximum absolute atomic E-state index is 12.3. The molecule has 0 bridgehead atoms. The summed E-state index contributed by atoms with van der Waals surface area (Å²) in [6.07, 6.45) is 0. The molecule has 0 saturated heterocycles. The lowest BCUT2D eigenvalue weighted by Gasteiger charge is -2.24. The number of ether oxygens (including phenoxy) is 2. The lowest BCUT2D eigenvalue weighted by molar-refractivity contribution is -0.384. The van der Waals surface area contributed by atoms with Gasteiger partial charge in [-0.05, 0) is 36.8 Å². The van der Waals surface area contributed by atoms with Gasteiger partial charge in [-0.15, -0.1) is 0 Å². The summed E-state index contributed by atoms with van der Waals surface area (Å²) < 4.78 is 10.5. The summed E-state index contributed by atoms with van der Waals surface area (Å²) in [5.41, 5.74) is -1.14. The van der Waals surface area contributed by atoms with Crippen LogP contribution in [0.1, 0.15) is 22.8 Å². The summed E-state index contributed by atoms with van der Waals surface area (Å²) in [6, 6.07) is 8.74. The second-order valence-corrected chi connectivity index (χ2v) is 6.36. The quantitative estimate of drug-likeness (QED) is 0.611. The number of aliphatic hydroxyl groups is 1. The van der Waals surface area contributed by atoms with Gasteiger partial charge in [0.05, 0.1) is 11.5 Å². The number of carbonyl (C=O) groups is 1. The molecule has 1 heterocycles. The number of nitro benzene ring substituents is 1. The molecule has 2 aromatic rings. The molecule has 0 aromatic heterocycles. The van der Waals surface area contributed by atoms with Gasteiger partial charge in [0.2, 0.25) is 6.79 Å². The predicted molar refractivity (Wildman–Crippen MR) is 92.6 cm³/mol. The molecule has 9 heteroatoms. The minimum Gasteiger partial charge on any atom is -0.454 e. The molecule has 26 heavy (non-hydrogen) atoms. The van der Waals surface area contributed by atoms with Gasteiger partial charge in [-0.3, -0.25) is 14.9 Å². The van der Waals surface area contributed by atoms with Crippen LogP contribution >= 0.6 is 11.6 Å². The number of hydrogen-bond acceptors (Lipinski definition) is 6. The molecule has 1 amide bonds. The Morgan fingerprint density at radius 2 is 2.04 bits per heavy atom. The fourth-order valence-electron chi connectivity index (χ4n) is 2.48. The standard InChI is InChI=1S/C17H15ClN2O6/c1-17(22,11-3-5-14-15(7-11)26-9-25-14)8-19-16(21)10-2-4-12(18)13(6-10)20(23)24/h2-7,22H,8-9H2,1H3,(H,19,21). The molecule has 1 aliphatic rings. The Bertz CT molecular complexity index is 884. The van der Waals surface area contributed by atoms with Crippen molar-refractivity contribution in [1.82, 2.24) is 5.32 Å². The second-order valence-electron chi connectivity index (χ2n) is 5.95. The first-order chi connectivity index (χ1) is 12.3. The molecular weight excluding hydrogens is 364 g/mol. The van der Waals surface area contributed by atoms with Crippen LogP contribution in [-0.4, -0.2) is 29.3 Å². The van der Waals surface area contributed by atoms with Crippen molar-refractivity contribution in [2.75, 3.05) is 13.3 Å². The number of nitrogens with one attached hydrogen (secondary N) is 1. The lowest BCUT2D eigenvalue weighted by Crippen LogP contribution is -2.38. The third kappa shape index (κ3) is 3.56. The SMILES string of the molecule is CC(O)(CNC(=O)c1ccc(Cl)c([N+](=O)[O-])c1)c1ccc2c(c1)OCO2. The highest BCUT2D eigenvalue weighted by molar-refractivity contribution is 6.32. The Kier molecular flexibility index (Phi) is 4.71. The first kappa shape index (κ1) is 18.0. The van der Waals surface area contributed by atoms with Crippen LogP contribution in [0.25, 0.3) is 0 Å². The van der Waals surface area contributed by atoms with Gasteiger partial charge < -0.3 is 19.9 Å². The molecule has 136 valence electrons. The third-order valence-electron chi connectivity index (χ3n) is 3.99. The van der Waals surface area contributed by atoms with E-state index in [0.717, 1.165) is 6.07 Å². The zero-order valence-electron chi connectivity index (χ0n) is 13.7. The van der Waals surface area contributed by atoms with Gasteiger partial charge in [0.1, 0.15) is 10.6 Å². The number of fused-ring (bicyclic) bond motifs is 1. The number of carbonyl (C=O) groups excluding carboxylic acids is 1. The number of rotatable bonds is 5. The summed E-state index contributed by atoms with van der Waals surface area (Å²) in [5.74, 6) is 0.537. The van der Waals surface area contributed by atoms with Gasteiger partial charge in [0, 0.05) is 11.6 Å². The summed E-state index contributed by atoms with van der Waals surface area (Å²) in [7, 11) is 0. The number of benzene rings is 2. The van der Waals surface area contributed by atoms with Crippen LogP contribution in [0.3, 0.4) is 0 Å². The van der Waals surface area contributed by atoms with Gasteiger partial charge in [-0.2, -0.15) is 0 Å². The fraction of sp³-hybridized carbons (Fsp3) is 0.235. The Balaban J connectivity index is 1.72. The minimum atomic E-state index is -1.38. The molecule has 1 atom stereocenters. The van der Waals surface area contributed by atoms with Crippen LogP contribution in [0, 0.1) is 10.1 Å². The molecule has 3 rings (SSSR count). The molecule has 0 fully saturated rings. The normalized spacial score (nSPS) is 14.6. The van der Waals surface area contributed by atoms with Crippen LogP contribution in [0.4, 0.5) is 5.69 Å². The van der Waals surface area contributed by atoms with Gasteiger partial charge >= 0.3 is 0 Å². The van der Waals surface area contributed by atoms with Crippen LogP contribution in [0.5, 0.6) is 11.5 Å². The van der Waals surface area contributed by atoms with Crippen LogP contribution in [0.15, 0.2) is 36.4 Å². The van der Waals surface area contributed by atoms with Crippen molar-refractivity contribution in [3.8, 4) is 11.5 Å². The van der Waals surface area contributed by atoms with E-state index in [-0.39, 0.29) is 29.6 Å². The highest BCUT2D eigenvalue weighted by atomic mass is 35.5. The average Bonchev–Trinajstić information content (AvgIpc) is 3.07. The van der Waals surface area contributed by atoms with E-state index in [1.807, 2.05) is 0 Å². The monoisotopic (exact) mass is 378 g/mol. The molecule has 0 saturated carbocycles. The summed E-state index contributed by atoms with van der Waals surface area (Å²) in [6.45, 7) is 1.55. The Morgan fingerprint density at radius 1 is 1.31 bits per heavy atom. The number of amides is 1. The van der Waals surface area contributed by atoms with Crippen molar-refractivity contribution in [2.24, 2.45) is 0 Å². The topological polar surface area (TPSA) is 111 Å². The van der Waals surface area contributed by atoms with Gasteiger partial charge in [-0.25, -0.2) is 0 Å². The van der Waals surface area contributed by atoms with E-state index >= 15 is 0 Å². The Labute approximate surface area is 153 Å². The Hall–Kier alpha value is -2.84. The number of halogens is 1. The fourth-order valence-corrected chi connectivity index (χ4v) is 2.67. The minimum absolute atomic E-state index is 0.0566. The van der Waals surface area contributed by atoms with Gasteiger partial charge in [-0.1, -0.05) is 17.7 Å². The van der Waals surface area contributed by atoms with Crippen molar-refractivity contribution in [1.29, 1.82) is 0 Å². The van der Waals surface area contributed by atoms with E-state index in [0.29, 0.717) is 17.1 Å². The average molecular weight is 379 g/mol. The highest BCUT2D eigenvalue weighted by Crippen LogP contribution is 2.35. The first-order valence-electron chi connectivity index (χ1n) is 7.62. The van der Waals surface area contributed by atoms with E-state index in [1.165, 1.54) is 19.1 Å².